The van der Waals surface area contributed by atoms with Crippen molar-refractivity contribution in [3.05, 3.63) is 64.7 Å². The summed E-state index contributed by atoms with van der Waals surface area (Å²) in [4.78, 5) is 11.3. The zero-order valence-corrected chi connectivity index (χ0v) is 13.8. The van der Waals surface area contributed by atoms with Crippen LogP contribution in [0.25, 0.3) is 0 Å². The van der Waals surface area contributed by atoms with Crippen LogP contribution in [0.1, 0.15) is 35.8 Å². The lowest BCUT2D eigenvalue weighted by Gasteiger charge is -2.15. The summed E-state index contributed by atoms with van der Waals surface area (Å²) in [5, 5.41) is 0.596. The van der Waals surface area contributed by atoms with E-state index in [4.69, 9.17) is 11.6 Å². The minimum Gasteiger partial charge on any atom is -0.295 e. The second-order valence-electron chi connectivity index (χ2n) is 4.98. The third-order valence-corrected chi connectivity index (χ3v) is 5.08. The predicted octanol–water partition coefficient (Wildman–Crippen LogP) is 3.58. The number of nitrogens with one attached hydrogen (secondary N) is 1. The summed E-state index contributed by atoms with van der Waals surface area (Å²) in [6, 6.07) is 12.4. The monoisotopic (exact) mass is 337 g/mol. The van der Waals surface area contributed by atoms with Crippen molar-refractivity contribution in [3.8, 4) is 0 Å². The molecule has 0 aliphatic heterocycles. The number of benzene rings is 2. The Labute approximate surface area is 135 Å². The number of hydrogen-bond acceptors (Lipinski definition) is 3. The maximum absolute atomic E-state index is 12.3. The van der Waals surface area contributed by atoms with Gasteiger partial charge in [0.2, 0.25) is 10.0 Å². The first kappa shape index (κ1) is 16.7. The predicted molar refractivity (Wildman–Crippen MR) is 86.6 cm³/mol. The van der Waals surface area contributed by atoms with Gasteiger partial charge < -0.3 is 0 Å². The van der Waals surface area contributed by atoms with Crippen LogP contribution in [0, 0.1) is 0 Å². The molecule has 2 rings (SSSR count). The highest BCUT2D eigenvalue weighted by atomic mass is 35.5. The second-order valence-corrected chi connectivity index (χ2v) is 7.13. The Hall–Kier alpha value is -1.69. The molecule has 0 aliphatic carbocycles. The van der Waals surface area contributed by atoms with Gasteiger partial charge in [0, 0.05) is 16.6 Å². The molecule has 1 unspecified atom stereocenters. The molecule has 0 fully saturated rings. The van der Waals surface area contributed by atoms with E-state index in [-0.39, 0.29) is 10.7 Å². The lowest BCUT2D eigenvalue weighted by molar-refractivity contribution is 0.101. The first-order chi connectivity index (χ1) is 10.3. The third kappa shape index (κ3) is 3.94. The summed E-state index contributed by atoms with van der Waals surface area (Å²) >= 11 is 5.82. The summed E-state index contributed by atoms with van der Waals surface area (Å²) in [6.45, 7) is 3.19. The second kappa shape index (κ2) is 6.60. The molecule has 2 aromatic carbocycles. The SMILES string of the molecule is CC(=O)c1ccc(S(=O)(=O)NC(C)c2ccc(Cl)cc2)cc1. The number of rotatable bonds is 5. The minimum absolute atomic E-state index is 0.105. The number of sulfonamides is 1. The molecule has 0 amide bonds. The number of hydrogen-bond donors (Lipinski definition) is 1. The van der Waals surface area contributed by atoms with E-state index in [1.807, 2.05) is 0 Å². The van der Waals surface area contributed by atoms with Gasteiger partial charge >= 0.3 is 0 Å². The minimum atomic E-state index is -3.65. The Kier molecular flexibility index (Phi) is 5.01. The van der Waals surface area contributed by atoms with E-state index in [9.17, 15) is 13.2 Å². The van der Waals surface area contributed by atoms with Crippen molar-refractivity contribution < 1.29 is 13.2 Å². The maximum atomic E-state index is 12.3. The molecule has 0 spiro atoms. The van der Waals surface area contributed by atoms with Crippen LogP contribution in [0.5, 0.6) is 0 Å². The summed E-state index contributed by atoms with van der Waals surface area (Å²) in [6.07, 6.45) is 0. The Morgan fingerprint density at radius 1 is 1.05 bits per heavy atom. The molecular formula is C16H16ClNO3S. The van der Waals surface area contributed by atoms with Crippen LogP contribution in [-0.2, 0) is 10.0 Å². The highest BCUT2D eigenvalue weighted by Gasteiger charge is 2.18. The zero-order chi connectivity index (χ0) is 16.3. The molecule has 0 radical (unpaired) electrons. The van der Waals surface area contributed by atoms with Gasteiger partial charge in [0.15, 0.2) is 5.78 Å². The van der Waals surface area contributed by atoms with Crippen LogP contribution < -0.4 is 4.72 Å². The molecule has 22 heavy (non-hydrogen) atoms. The Bertz CT molecular complexity index is 768. The molecule has 0 bridgehead atoms. The smallest absolute Gasteiger partial charge is 0.241 e. The van der Waals surface area contributed by atoms with Crippen molar-refractivity contribution in [1.82, 2.24) is 4.72 Å². The molecule has 0 heterocycles. The van der Waals surface area contributed by atoms with Gasteiger partial charge in [-0.15, -0.1) is 0 Å². The molecule has 0 aromatic heterocycles. The van der Waals surface area contributed by atoms with Crippen molar-refractivity contribution in [2.75, 3.05) is 0 Å². The number of Topliss-reactive ketones (excluding diaryl/α,β-unsaturated/α-hetero) is 1. The molecule has 6 heteroatoms. The first-order valence-corrected chi connectivity index (χ1v) is 8.54. The third-order valence-electron chi connectivity index (χ3n) is 3.27. The van der Waals surface area contributed by atoms with Gasteiger partial charge in [-0.3, -0.25) is 4.79 Å². The average molecular weight is 338 g/mol. The number of ketones is 1. The average Bonchev–Trinajstić information content (AvgIpc) is 2.47. The summed E-state index contributed by atoms with van der Waals surface area (Å²) in [5.74, 6) is -0.105. The molecule has 2 aromatic rings. The van der Waals surface area contributed by atoms with Crippen LogP contribution >= 0.6 is 11.6 Å². The summed E-state index contributed by atoms with van der Waals surface area (Å²) < 4.78 is 27.3. The molecule has 0 saturated heterocycles. The standard InChI is InChI=1S/C16H16ClNO3S/c1-11(13-3-7-15(17)8-4-13)18-22(20,21)16-9-5-14(6-10-16)12(2)19/h3-11,18H,1-2H3. The van der Waals surface area contributed by atoms with E-state index in [0.717, 1.165) is 5.56 Å². The van der Waals surface area contributed by atoms with Crippen molar-refractivity contribution in [2.45, 2.75) is 24.8 Å². The van der Waals surface area contributed by atoms with Gasteiger partial charge in [-0.05, 0) is 43.7 Å². The van der Waals surface area contributed by atoms with Gasteiger partial charge in [0.25, 0.3) is 0 Å². The number of carbonyl (C=O) groups is 1. The van der Waals surface area contributed by atoms with Crippen molar-refractivity contribution >= 4 is 27.4 Å². The Balaban J connectivity index is 2.19. The molecule has 116 valence electrons. The zero-order valence-electron chi connectivity index (χ0n) is 12.2. The fourth-order valence-electron chi connectivity index (χ4n) is 1.99. The normalized spacial score (nSPS) is 12.9. The van der Waals surface area contributed by atoms with Gasteiger partial charge in [0.1, 0.15) is 0 Å². The van der Waals surface area contributed by atoms with Crippen molar-refractivity contribution in [3.63, 3.8) is 0 Å². The number of halogens is 1. The summed E-state index contributed by atoms with van der Waals surface area (Å²) in [5.41, 5.74) is 1.29. The van der Waals surface area contributed by atoms with Crippen LogP contribution in [0.15, 0.2) is 53.4 Å². The van der Waals surface area contributed by atoms with Gasteiger partial charge in [0.05, 0.1) is 4.90 Å². The van der Waals surface area contributed by atoms with E-state index >= 15 is 0 Å². The quantitative estimate of drug-likeness (QED) is 0.848. The van der Waals surface area contributed by atoms with Crippen molar-refractivity contribution in [2.24, 2.45) is 0 Å². The van der Waals surface area contributed by atoms with Crippen LogP contribution in [0.2, 0.25) is 5.02 Å². The van der Waals surface area contributed by atoms with Crippen LogP contribution in [-0.4, -0.2) is 14.2 Å². The topological polar surface area (TPSA) is 63.2 Å². The fraction of sp³-hybridized carbons (Fsp3) is 0.188. The molecule has 0 aliphatic rings. The summed E-state index contributed by atoms with van der Waals surface area (Å²) in [7, 11) is -3.65. The molecule has 0 saturated carbocycles. The molecule has 1 atom stereocenters. The molecule has 1 N–H and O–H groups in total. The number of carbonyl (C=O) groups excluding carboxylic acids is 1. The van der Waals surface area contributed by atoms with Crippen LogP contribution in [0.3, 0.4) is 0 Å². The fourth-order valence-corrected chi connectivity index (χ4v) is 3.35. The van der Waals surface area contributed by atoms with E-state index in [1.54, 1.807) is 31.2 Å². The Morgan fingerprint density at radius 2 is 1.59 bits per heavy atom. The largest absolute Gasteiger partial charge is 0.295 e. The lowest BCUT2D eigenvalue weighted by atomic mass is 10.1. The highest BCUT2D eigenvalue weighted by molar-refractivity contribution is 7.89. The van der Waals surface area contributed by atoms with E-state index in [1.165, 1.54) is 31.2 Å². The van der Waals surface area contributed by atoms with Gasteiger partial charge in [-0.1, -0.05) is 35.9 Å². The lowest BCUT2D eigenvalue weighted by Crippen LogP contribution is -2.26. The van der Waals surface area contributed by atoms with E-state index in [2.05, 4.69) is 4.72 Å². The van der Waals surface area contributed by atoms with E-state index < -0.39 is 16.1 Å². The van der Waals surface area contributed by atoms with Crippen LogP contribution in [0.4, 0.5) is 0 Å². The Morgan fingerprint density at radius 3 is 2.09 bits per heavy atom. The van der Waals surface area contributed by atoms with Crippen molar-refractivity contribution in [1.29, 1.82) is 0 Å². The maximum Gasteiger partial charge on any atom is 0.241 e. The molecule has 4 nitrogen and oxygen atoms in total. The van der Waals surface area contributed by atoms with Gasteiger partial charge in [-0.2, -0.15) is 0 Å². The van der Waals surface area contributed by atoms with E-state index in [0.29, 0.717) is 10.6 Å². The first-order valence-electron chi connectivity index (χ1n) is 6.68. The van der Waals surface area contributed by atoms with Gasteiger partial charge in [-0.25, -0.2) is 13.1 Å². The molecular weight excluding hydrogens is 322 g/mol. The highest BCUT2D eigenvalue weighted by Crippen LogP contribution is 2.19.